The molecule has 1 saturated heterocycles. The molecular weight excluding hydrogens is 432 g/mol. The highest BCUT2D eigenvalue weighted by molar-refractivity contribution is 5.89. The fourth-order valence-corrected chi connectivity index (χ4v) is 6.04. The molecule has 1 heterocycles. The normalized spacial score (nSPS) is 24.1. The molecule has 0 unspecified atom stereocenters. The van der Waals surface area contributed by atoms with E-state index in [1.807, 2.05) is 32.9 Å². The smallest absolute Gasteiger partial charge is 0.338 e. The molecule has 186 valence electrons. The summed E-state index contributed by atoms with van der Waals surface area (Å²) >= 11 is 0. The minimum absolute atomic E-state index is 0.250. The largest absolute Gasteiger partial charge is 0.456 e. The number of carbonyl (C=O) groups is 1. The van der Waals surface area contributed by atoms with Gasteiger partial charge in [-0.25, -0.2) is 4.79 Å². The van der Waals surface area contributed by atoms with Crippen LogP contribution in [0.3, 0.4) is 0 Å². The molecule has 2 atom stereocenters. The van der Waals surface area contributed by atoms with E-state index in [0.29, 0.717) is 23.1 Å². The number of likely N-dealkylation sites (tertiary alicyclic amines) is 1. The fourth-order valence-electron chi connectivity index (χ4n) is 6.04. The molecule has 4 heteroatoms. The Kier molecular flexibility index (Phi) is 6.63. The van der Waals surface area contributed by atoms with Crippen molar-refractivity contribution in [3.63, 3.8) is 0 Å². The van der Waals surface area contributed by atoms with E-state index in [1.165, 1.54) is 43.5 Å². The Bertz CT molecular complexity index is 1050. The number of rotatable bonds is 8. The van der Waals surface area contributed by atoms with Gasteiger partial charge in [0.15, 0.2) is 0 Å². The summed E-state index contributed by atoms with van der Waals surface area (Å²) in [6.07, 6.45) is 7.46. The minimum atomic E-state index is -0.464. The lowest BCUT2D eigenvalue weighted by atomic mass is 9.60. The molecule has 2 aromatic carbocycles. The second kappa shape index (κ2) is 9.55. The van der Waals surface area contributed by atoms with Gasteiger partial charge in [-0.3, -0.25) is 4.90 Å². The van der Waals surface area contributed by atoms with Gasteiger partial charge in [-0.15, -0.1) is 0 Å². The summed E-state index contributed by atoms with van der Waals surface area (Å²) in [7, 11) is 0. The van der Waals surface area contributed by atoms with Crippen LogP contribution < -0.4 is 5.32 Å². The molecule has 5 rings (SSSR count). The van der Waals surface area contributed by atoms with Crippen LogP contribution in [0.2, 0.25) is 0 Å². The molecule has 2 saturated carbocycles. The van der Waals surface area contributed by atoms with Crippen molar-refractivity contribution in [1.29, 1.82) is 0 Å². The van der Waals surface area contributed by atoms with Gasteiger partial charge < -0.3 is 10.1 Å². The van der Waals surface area contributed by atoms with Crippen LogP contribution >= 0.6 is 0 Å². The number of hydrogen-bond acceptors (Lipinski definition) is 4. The number of benzene rings is 2. The first kappa shape index (κ1) is 24.3. The SMILES string of the molecule is CC/C(=C\c1ccccc1)[C@@H]1C[C@H]1NC1CC2(C1)CN(Cc1ccc(C(=O)OC(C)(C)C)cc1)C2. The first-order chi connectivity index (χ1) is 16.7. The number of nitrogens with zero attached hydrogens (tertiary/aromatic N) is 1. The maximum Gasteiger partial charge on any atom is 0.338 e. The van der Waals surface area contributed by atoms with Crippen molar-refractivity contribution in [3.05, 3.63) is 76.9 Å². The first-order valence-electron chi connectivity index (χ1n) is 13.3. The van der Waals surface area contributed by atoms with Gasteiger partial charge in [0.1, 0.15) is 5.60 Å². The van der Waals surface area contributed by atoms with Crippen LogP contribution in [0, 0.1) is 11.3 Å². The van der Waals surface area contributed by atoms with E-state index in [4.69, 9.17) is 4.74 Å². The molecule has 4 nitrogen and oxygen atoms in total. The van der Waals surface area contributed by atoms with Crippen molar-refractivity contribution in [1.82, 2.24) is 10.2 Å². The molecule has 2 aliphatic carbocycles. The predicted octanol–water partition coefficient (Wildman–Crippen LogP) is 6.08. The second-order valence-corrected chi connectivity index (χ2v) is 12.0. The van der Waals surface area contributed by atoms with E-state index in [1.54, 1.807) is 5.57 Å². The maximum atomic E-state index is 12.2. The fraction of sp³-hybridized carbons (Fsp3) is 0.516. The van der Waals surface area contributed by atoms with Crippen LogP contribution in [-0.2, 0) is 11.3 Å². The van der Waals surface area contributed by atoms with E-state index in [9.17, 15) is 4.79 Å². The Morgan fingerprint density at radius 2 is 1.77 bits per heavy atom. The average Bonchev–Trinajstić information content (AvgIpc) is 3.53. The highest BCUT2D eigenvalue weighted by Gasteiger charge is 2.53. The van der Waals surface area contributed by atoms with Crippen LogP contribution in [0.5, 0.6) is 0 Å². The molecule has 1 spiro atoms. The second-order valence-electron chi connectivity index (χ2n) is 12.0. The molecule has 35 heavy (non-hydrogen) atoms. The predicted molar refractivity (Wildman–Crippen MR) is 142 cm³/mol. The monoisotopic (exact) mass is 472 g/mol. The third-order valence-electron chi connectivity index (χ3n) is 7.75. The van der Waals surface area contributed by atoms with Crippen molar-refractivity contribution in [2.75, 3.05) is 13.1 Å². The van der Waals surface area contributed by atoms with Crippen LogP contribution in [0.4, 0.5) is 0 Å². The molecule has 2 aromatic rings. The molecule has 0 aromatic heterocycles. The minimum Gasteiger partial charge on any atom is -0.456 e. The molecule has 0 bridgehead atoms. The van der Waals surface area contributed by atoms with E-state index in [2.05, 4.69) is 65.7 Å². The van der Waals surface area contributed by atoms with Gasteiger partial charge >= 0.3 is 5.97 Å². The zero-order chi connectivity index (χ0) is 24.6. The number of esters is 1. The van der Waals surface area contributed by atoms with E-state index < -0.39 is 5.60 Å². The third kappa shape index (κ3) is 5.87. The number of nitrogens with one attached hydrogen (secondary N) is 1. The average molecular weight is 473 g/mol. The summed E-state index contributed by atoms with van der Waals surface area (Å²) < 4.78 is 5.46. The molecule has 3 aliphatic rings. The summed E-state index contributed by atoms with van der Waals surface area (Å²) in [4.78, 5) is 14.8. The lowest BCUT2D eigenvalue weighted by Gasteiger charge is -2.59. The molecule has 0 radical (unpaired) electrons. The molecule has 3 fully saturated rings. The van der Waals surface area contributed by atoms with Gasteiger partial charge in [-0.2, -0.15) is 0 Å². The highest BCUT2D eigenvalue weighted by atomic mass is 16.6. The summed E-state index contributed by atoms with van der Waals surface area (Å²) in [5.74, 6) is 0.470. The van der Waals surface area contributed by atoms with Gasteiger partial charge in [0.05, 0.1) is 5.56 Å². The Balaban J connectivity index is 1.03. The molecular formula is C31H40N2O2. The standard InChI is InChI=1S/C31H40N2O2/c1-5-24(15-22-9-7-6-8-10-22)27-16-28(27)32-26-17-31(18-26)20-33(21-31)19-23-11-13-25(14-12-23)29(34)35-30(2,3)4/h6-15,26-28,32H,5,16-21H2,1-4H3/b24-15+/t27-,28+/m0/s1. The lowest BCUT2D eigenvalue weighted by molar-refractivity contribution is -0.0834. The molecule has 1 N–H and O–H groups in total. The summed E-state index contributed by atoms with van der Waals surface area (Å²) in [5.41, 5.74) is 4.88. The van der Waals surface area contributed by atoms with Crippen molar-refractivity contribution in [2.45, 2.75) is 77.6 Å². The van der Waals surface area contributed by atoms with Gasteiger partial charge in [0, 0.05) is 31.7 Å². The summed E-state index contributed by atoms with van der Waals surface area (Å²) in [6.45, 7) is 11.3. The van der Waals surface area contributed by atoms with Gasteiger partial charge in [-0.05, 0) is 81.0 Å². The Hall–Kier alpha value is -2.43. The van der Waals surface area contributed by atoms with Crippen molar-refractivity contribution < 1.29 is 9.53 Å². The van der Waals surface area contributed by atoms with Gasteiger partial charge in [-0.1, -0.05) is 61.0 Å². The summed E-state index contributed by atoms with van der Waals surface area (Å²) in [5, 5.41) is 3.96. The van der Waals surface area contributed by atoms with Crippen LogP contribution in [0.1, 0.15) is 74.9 Å². The van der Waals surface area contributed by atoms with Crippen LogP contribution in [0.25, 0.3) is 6.08 Å². The summed E-state index contributed by atoms with van der Waals surface area (Å²) in [6, 6.07) is 20.0. The maximum absolute atomic E-state index is 12.2. The van der Waals surface area contributed by atoms with E-state index in [0.717, 1.165) is 18.9 Å². The van der Waals surface area contributed by atoms with Gasteiger partial charge in [0.25, 0.3) is 0 Å². The molecule has 1 aliphatic heterocycles. The number of carbonyl (C=O) groups excluding carboxylic acids is 1. The highest BCUT2D eigenvalue weighted by Crippen LogP contribution is 2.50. The zero-order valence-electron chi connectivity index (χ0n) is 21.7. The van der Waals surface area contributed by atoms with Gasteiger partial charge in [0.2, 0.25) is 0 Å². The third-order valence-corrected chi connectivity index (χ3v) is 7.75. The van der Waals surface area contributed by atoms with Crippen LogP contribution in [0.15, 0.2) is 60.2 Å². The Morgan fingerprint density at radius 1 is 1.09 bits per heavy atom. The zero-order valence-corrected chi connectivity index (χ0v) is 21.7. The number of hydrogen-bond donors (Lipinski definition) is 1. The first-order valence-corrected chi connectivity index (χ1v) is 13.3. The lowest BCUT2D eigenvalue weighted by Crippen LogP contribution is -2.65. The van der Waals surface area contributed by atoms with Crippen molar-refractivity contribution in [3.8, 4) is 0 Å². The quantitative estimate of drug-likeness (QED) is 0.473. The van der Waals surface area contributed by atoms with Crippen LogP contribution in [-0.4, -0.2) is 41.6 Å². The van der Waals surface area contributed by atoms with E-state index >= 15 is 0 Å². The Morgan fingerprint density at radius 3 is 2.40 bits per heavy atom. The Labute approximate surface area is 210 Å². The topological polar surface area (TPSA) is 41.6 Å². The number of ether oxygens (including phenoxy) is 1. The molecule has 0 amide bonds. The van der Waals surface area contributed by atoms with E-state index in [-0.39, 0.29) is 5.97 Å². The van der Waals surface area contributed by atoms with Crippen molar-refractivity contribution >= 4 is 12.0 Å². The van der Waals surface area contributed by atoms with Crippen molar-refractivity contribution in [2.24, 2.45) is 11.3 Å².